The molecule has 0 bridgehead atoms. The van der Waals surface area contributed by atoms with Gasteiger partial charge in [-0.25, -0.2) is 4.39 Å². The first-order valence-corrected chi connectivity index (χ1v) is 13.6. The lowest BCUT2D eigenvalue weighted by atomic mass is 10.0. The topological polar surface area (TPSA) is 37.4 Å². The molecule has 196 valence electrons. The number of nitrogens with one attached hydrogen (secondary N) is 1. The van der Waals surface area contributed by atoms with Gasteiger partial charge in [0.1, 0.15) is 10.8 Å². The van der Waals surface area contributed by atoms with E-state index in [9.17, 15) is 0 Å². The Balaban J connectivity index is 1.42. The lowest BCUT2D eigenvalue weighted by molar-refractivity contribution is 0.423. The number of fused-ring (bicyclic) bond motifs is 1. The molecule has 3 aromatic rings. The lowest BCUT2D eigenvalue weighted by Crippen LogP contribution is -2.25. The Morgan fingerprint density at radius 2 is 1.97 bits per heavy atom. The molecular weight excluding hydrogens is 497 g/mol. The van der Waals surface area contributed by atoms with Gasteiger partial charge in [-0.15, -0.1) is 0 Å². The first kappa shape index (κ1) is 26.1. The van der Waals surface area contributed by atoms with E-state index in [0.29, 0.717) is 17.5 Å². The largest absolute Gasteiger partial charge is 0.453 e. The summed E-state index contributed by atoms with van der Waals surface area (Å²) in [7, 11) is 0. The number of hydrogen-bond donors (Lipinski definition) is 1. The minimum Gasteiger partial charge on any atom is -0.453 e. The number of rotatable bonds is 9. The van der Waals surface area contributed by atoms with E-state index >= 15 is 4.39 Å². The Morgan fingerprint density at radius 1 is 1.13 bits per heavy atom. The number of hydrogen-bond acceptors (Lipinski definition) is 4. The molecule has 2 aliphatic rings. The van der Waals surface area contributed by atoms with Crippen LogP contribution in [0.2, 0.25) is 5.02 Å². The normalized spacial score (nSPS) is 17.7. The summed E-state index contributed by atoms with van der Waals surface area (Å²) in [6.07, 6.45) is 18.9. The predicted octanol–water partition coefficient (Wildman–Crippen LogP) is 9.26. The van der Waals surface area contributed by atoms with Crippen molar-refractivity contribution >= 4 is 33.8 Å². The molecule has 0 radical (unpaired) electrons. The van der Waals surface area contributed by atoms with Crippen LogP contribution >= 0.6 is 11.6 Å². The van der Waals surface area contributed by atoms with Gasteiger partial charge in [-0.05, 0) is 81.0 Å². The molecule has 5 rings (SSSR count). The number of nitrogens with zero attached hydrogens (tertiary/aromatic N) is 2. The number of ether oxygens (including phenoxy) is 1. The minimum absolute atomic E-state index is 0.0519. The maximum Gasteiger partial charge on any atom is 0.186 e. The first-order chi connectivity index (χ1) is 18.4. The van der Waals surface area contributed by atoms with Gasteiger partial charge in [0.2, 0.25) is 0 Å². The fourth-order valence-corrected chi connectivity index (χ4v) is 4.62. The smallest absolute Gasteiger partial charge is 0.186 e. The van der Waals surface area contributed by atoms with Gasteiger partial charge in [-0.2, -0.15) is 0 Å². The third kappa shape index (κ3) is 5.94. The zero-order valence-electron chi connectivity index (χ0n) is 22.0. The Labute approximate surface area is 229 Å². The van der Waals surface area contributed by atoms with Gasteiger partial charge in [0, 0.05) is 30.0 Å². The minimum atomic E-state index is -0.570. The van der Waals surface area contributed by atoms with Gasteiger partial charge < -0.3 is 15.0 Å². The van der Waals surface area contributed by atoms with Crippen LogP contribution in [0.1, 0.15) is 52.0 Å². The molecule has 2 aromatic carbocycles. The van der Waals surface area contributed by atoms with Gasteiger partial charge in [0.25, 0.3) is 0 Å². The summed E-state index contributed by atoms with van der Waals surface area (Å²) < 4.78 is 21.0. The fourth-order valence-electron chi connectivity index (χ4n) is 4.41. The molecule has 0 amide bonds. The van der Waals surface area contributed by atoms with E-state index in [-0.39, 0.29) is 16.8 Å². The third-order valence-corrected chi connectivity index (χ3v) is 7.34. The quantitative estimate of drug-likeness (QED) is 0.299. The summed E-state index contributed by atoms with van der Waals surface area (Å²) in [5, 5.41) is 4.11. The monoisotopic (exact) mass is 529 g/mol. The van der Waals surface area contributed by atoms with E-state index in [0.717, 1.165) is 47.7 Å². The maximum absolute atomic E-state index is 15.0. The van der Waals surface area contributed by atoms with Crippen LogP contribution in [-0.2, 0) is 0 Å². The number of pyridine rings is 1. The molecule has 1 saturated carbocycles. The van der Waals surface area contributed by atoms with E-state index < -0.39 is 5.82 Å². The van der Waals surface area contributed by atoms with Crippen LogP contribution in [-0.4, -0.2) is 22.0 Å². The first-order valence-electron chi connectivity index (χ1n) is 13.2. The number of halogens is 2. The van der Waals surface area contributed by atoms with E-state index in [1.807, 2.05) is 12.1 Å². The van der Waals surface area contributed by atoms with Crippen molar-refractivity contribution in [2.75, 3.05) is 5.32 Å². The van der Waals surface area contributed by atoms with Crippen molar-refractivity contribution in [3.8, 4) is 11.5 Å². The summed E-state index contributed by atoms with van der Waals surface area (Å²) in [5.74, 6) is 0.0513. The number of allylic oxidation sites excluding steroid dienone is 4. The van der Waals surface area contributed by atoms with E-state index in [4.69, 9.17) is 16.3 Å². The van der Waals surface area contributed by atoms with Gasteiger partial charge in [-0.3, -0.25) is 4.98 Å². The average Bonchev–Trinajstić information content (AvgIpc) is 3.76. The SMILES string of the molecule is CCC(C)=CN(/C=C(\C)c1ccc2c(Oc3ccc(NC4CC4)c(Cl)c3F)ccnc2c1)C1C=CC=CC1. The molecule has 0 spiro atoms. The third-order valence-electron chi connectivity index (χ3n) is 6.97. The highest BCUT2D eigenvalue weighted by Crippen LogP contribution is 2.38. The molecule has 1 aromatic heterocycles. The average molecular weight is 530 g/mol. The number of benzene rings is 2. The molecule has 4 nitrogen and oxygen atoms in total. The van der Waals surface area contributed by atoms with Crippen molar-refractivity contribution in [3.05, 3.63) is 101 Å². The van der Waals surface area contributed by atoms with Crippen molar-refractivity contribution < 1.29 is 9.13 Å². The lowest BCUT2D eigenvalue weighted by Gasteiger charge is -2.27. The van der Waals surface area contributed by atoms with E-state index in [1.165, 1.54) is 5.57 Å². The molecule has 38 heavy (non-hydrogen) atoms. The molecule has 1 heterocycles. The highest BCUT2D eigenvalue weighted by Gasteiger charge is 2.23. The molecule has 1 atom stereocenters. The van der Waals surface area contributed by atoms with Crippen molar-refractivity contribution in [1.29, 1.82) is 0 Å². The molecule has 1 fully saturated rings. The van der Waals surface area contributed by atoms with Crippen molar-refractivity contribution in [1.82, 2.24) is 9.88 Å². The zero-order valence-corrected chi connectivity index (χ0v) is 22.8. The highest BCUT2D eigenvalue weighted by atomic mass is 35.5. The van der Waals surface area contributed by atoms with Crippen LogP contribution in [0.3, 0.4) is 0 Å². The Kier molecular flexibility index (Phi) is 7.85. The van der Waals surface area contributed by atoms with Gasteiger partial charge in [-0.1, -0.05) is 54.5 Å². The zero-order chi connectivity index (χ0) is 26.6. The maximum atomic E-state index is 15.0. The Morgan fingerprint density at radius 3 is 2.71 bits per heavy atom. The highest BCUT2D eigenvalue weighted by molar-refractivity contribution is 6.33. The summed E-state index contributed by atoms with van der Waals surface area (Å²) in [5.41, 5.74) is 4.89. The van der Waals surface area contributed by atoms with Crippen molar-refractivity contribution in [2.24, 2.45) is 0 Å². The van der Waals surface area contributed by atoms with Crippen LogP contribution in [0.5, 0.6) is 11.5 Å². The van der Waals surface area contributed by atoms with Crippen LogP contribution in [0.4, 0.5) is 10.1 Å². The molecule has 6 heteroatoms. The molecule has 1 unspecified atom stereocenters. The summed E-state index contributed by atoms with van der Waals surface area (Å²) >= 11 is 6.30. The second-order valence-corrected chi connectivity index (χ2v) is 10.4. The van der Waals surface area contributed by atoms with Crippen molar-refractivity contribution in [2.45, 2.75) is 58.5 Å². The van der Waals surface area contributed by atoms with Gasteiger partial charge in [0.05, 0.1) is 17.2 Å². The predicted molar refractivity (Wildman–Crippen MR) is 156 cm³/mol. The van der Waals surface area contributed by atoms with Crippen molar-refractivity contribution in [3.63, 3.8) is 0 Å². The molecule has 0 aliphatic heterocycles. The summed E-state index contributed by atoms with van der Waals surface area (Å²) in [6.45, 7) is 6.44. The second-order valence-electron chi connectivity index (χ2n) is 10.0. The molecule has 1 N–H and O–H groups in total. The molecule has 0 saturated heterocycles. The number of anilines is 1. The molecular formula is C32H33ClFN3O. The van der Waals surface area contributed by atoms with Crippen LogP contribution in [0, 0.1) is 5.82 Å². The standard InChI is InChI=1S/C32H33ClFN3O/c1-4-21(2)19-37(25-8-6-5-7-9-25)20-22(3)23-10-13-26-28(18-23)35-17-16-29(26)38-30-15-14-27(31(33)32(30)34)36-24-11-12-24/h5-8,10,13-20,24-25,36H,4,9,11-12H2,1-3H3/b21-19?,22-20+. The van der Waals surface area contributed by atoms with Gasteiger partial charge in [0.15, 0.2) is 11.6 Å². The van der Waals surface area contributed by atoms with Crippen LogP contribution in [0.15, 0.2) is 84.9 Å². The Bertz CT molecular complexity index is 1450. The summed E-state index contributed by atoms with van der Waals surface area (Å²) in [4.78, 5) is 6.86. The Hall–Kier alpha value is -3.57. The van der Waals surface area contributed by atoms with Gasteiger partial charge >= 0.3 is 0 Å². The van der Waals surface area contributed by atoms with E-state index in [1.54, 1.807) is 24.4 Å². The van der Waals surface area contributed by atoms with E-state index in [2.05, 4.69) is 78.7 Å². The fraction of sp³-hybridized carbons (Fsp3) is 0.281. The van der Waals surface area contributed by atoms with Crippen LogP contribution < -0.4 is 10.1 Å². The molecule has 2 aliphatic carbocycles. The summed E-state index contributed by atoms with van der Waals surface area (Å²) in [6, 6.07) is 11.9. The number of aromatic nitrogens is 1. The second kappa shape index (κ2) is 11.4. The van der Waals surface area contributed by atoms with Crippen LogP contribution in [0.25, 0.3) is 16.5 Å².